The van der Waals surface area contributed by atoms with Crippen molar-refractivity contribution in [3.63, 3.8) is 0 Å². The number of hydrogen-bond acceptors (Lipinski definition) is 2. The molecule has 0 aromatic rings. The van der Waals surface area contributed by atoms with E-state index in [-0.39, 0.29) is 28.8 Å². The fourth-order valence-corrected chi connectivity index (χ4v) is 3.62. The molecule has 0 aromatic carbocycles. The van der Waals surface area contributed by atoms with Crippen LogP contribution in [0.1, 0.15) is 74.7 Å². The molecule has 1 saturated heterocycles. The summed E-state index contributed by atoms with van der Waals surface area (Å²) in [6.07, 6.45) is 2.11. The topological polar surface area (TPSA) is 49.4 Å². The second-order valence-electron chi connectivity index (χ2n) is 8.32. The van der Waals surface area contributed by atoms with Gasteiger partial charge < -0.3 is 10.2 Å². The molecule has 2 amide bonds. The third kappa shape index (κ3) is 3.58. The molecular formula is C17H32N2O2. The van der Waals surface area contributed by atoms with Crippen LogP contribution in [0.4, 0.5) is 0 Å². The zero-order chi connectivity index (χ0) is 16.6. The summed E-state index contributed by atoms with van der Waals surface area (Å²) < 4.78 is 0. The number of nitrogens with one attached hydrogen (secondary N) is 1. The molecule has 2 unspecified atom stereocenters. The number of amides is 2. The quantitative estimate of drug-likeness (QED) is 0.866. The highest BCUT2D eigenvalue weighted by Crippen LogP contribution is 2.36. The summed E-state index contributed by atoms with van der Waals surface area (Å²) in [5.74, 6) is 0.0223. The second-order valence-corrected chi connectivity index (χ2v) is 8.32. The van der Waals surface area contributed by atoms with Gasteiger partial charge in [-0.25, -0.2) is 0 Å². The molecule has 0 aromatic heterocycles. The molecule has 2 atom stereocenters. The Morgan fingerprint density at radius 1 is 1.14 bits per heavy atom. The van der Waals surface area contributed by atoms with Gasteiger partial charge in [0.1, 0.15) is 11.6 Å². The Morgan fingerprint density at radius 3 is 2.05 bits per heavy atom. The summed E-state index contributed by atoms with van der Waals surface area (Å²) in [5.41, 5.74) is -1.03. The van der Waals surface area contributed by atoms with E-state index in [9.17, 15) is 9.59 Å². The van der Waals surface area contributed by atoms with Crippen molar-refractivity contribution in [1.29, 1.82) is 0 Å². The third-order valence-electron chi connectivity index (χ3n) is 4.41. The minimum atomic E-state index is -0.780. The smallest absolute Gasteiger partial charge is 0.249 e. The molecule has 1 fully saturated rings. The van der Waals surface area contributed by atoms with E-state index in [2.05, 4.69) is 39.9 Å². The van der Waals surface area contributed by atoms with Crippen molar-refractivity contribution >= 4 is 11.8 Å². The van der Waals surface area contributed by atoms with Crippen molar-refractivity contribution in [2.45, 2.75) is 91.8 Å². The Balaban J connectivity index is 3.25. The Morgan fingerprint density at radius 2 is 1.67 bits per heavy atom. The number of rotatable bonds is 4. The Hall–Kier alpha value is -1.06. The molecule has 0 spiro atoms. The fraction of sp³-hybridized carbons (Fsp3) is 0.882. The van der Waals surface area contributed by atoms with Gasteiger partial charge in [0.05, 0.1) is 0 Å². The molecule has 0 aliphatic carbocycles. The molecule has 1 N–H and O–H groups in total. The monoisotopic (exact) mass is 296 g/mol. The number of carbonyl (C=O) groups is 2. The van der Waals surface area contributed by atoms with Crippen molar-refractivity contribution < 1.29 is 9.59 Å². The largest absolute Gasteiger partial charge is 0.340 e. The van der Waals surface area contributed by atoms with Gasteiger partial charge in [-0.05, 0) is 45.4 Å². The summed E-state index contributed by atoms with van der Waals surface area (Å²) in [6, 6.07) is -0.366. The van der Waals surface area contributed by atoms with E-state index in [0.717, 1.165) is 6.42 Å². The van der Waals surface area contributed by atoms with Crippen LogP contribution >= 0.6 is 0 Å². The minimum Gasteiger partial charge on any atom is -0.340 e. The first-order chi connectivity index (χ1) is 9.38. The highest BCUT2D eigenvalue weighted by molar-refractivity contribution is 5.99. The lowest BCUT2D eigenvalue weighted by Crippen LogP contribution is -2.73. The molecule has 1 aliphatic rings. The summed E-state index contributed by atoms with van der Waals surface area (Å²) in [4.78, 5) is 27.3. The lowest BCUT2D eigenvalue weighted by molar-refractivity contribution is -0.162. The summed E-state index contributed by atoms with van der Waals surface area (Å²) in [6.45, 7) is 16.4. The van der Waals surface area contributed by atoms with Gasteiger partial charge in [0.25, 0.3) is 0 Å². The molecule has 4 heteroatoms. The molecule has 1 heterocycles. The molecule has 1 aliphatic heterocycles. The Labute approximate surface area is 129 Å². The standard InChI is InChI=1S/C17H32N2O2/c1-9-12-13(20)18-17(8,10-2)14(21)19(12)16(6,7)11-15(3,4)5/h12H,9-11H2,1-8H3,(H,18,20). The first-order valence-electron chi connectivity index (χ1n) is 8.04. The van der Waals surface area contributed by atoms with E-state index in [1.54, 1.807) is 0 Å². The van der Waals surface area contributed by atoms with Crippen LogP contribution in [0.2, 0.25) is 0 Å². The second kappa shape index (κ2) is 5.62. The van der Waals surface area contributed by atoms with E-state index in [1.807, 2.05) is 25.7 Å². The molecule has 122 valence electrons. The lowest BCUT2D eigenvalue weighted by Gasteiger charge is -2.52. The van der Waals surface area contributed by atoms with Crippen molar-refractivity contribution in [1.82, 2.24) is 10.2 Å². The van der Waals surface area contributed by atoms with Crippen LogP contribution in [0.3, 0.4) is 0 Å². The Bertz CT molecular complexity index is 423. The van der Waals surface area contributed by atoms with Crippen LogP contribution in [0.25, 0.3) is 0 Å². The summed E-state index contributed by atoms with van der Waals surface area (Å²) >= 11 is 0. The van der Waals surface area contributed by atoms with Gasteiger partial charge in [-0.2, -0.15) is 0 Å². The normalized spacial score (nSPS) is 27.8. The fourth-order valence-electron chi connectivity index (χ4n) is 3.62. The van der Waals surface area contributed by atoms with Gasteiger partial charge in [0.2, 0.25) is 11.8 Å². The van der Waals surface area contributed by atoms with E-state index in [1.165, 1.54) is 0 Å². The van der Waals surface area contributed by atoms with Gasteiger partial charge in [-0.15, -0.1) is 0 Å². The molecule has 4 nitrogen and oxygen atoms in total. The third-order valence-corrected chi connectivity index (χ3v) is 4.41. The SMILES string of the molecule is CCC1C(=O)NC(C)(CC)C(=O)N1C(C)(C)CC(C)(C)C. The number of hydrogen-bond donors (Lipinski definition) is 1. The van der Waals surface area contributed by atoms with Crippen LogP contribution in [-0.2, 0) is 9.59 Å². The first kappa shape index (κ1) is 18.0. The van der Waals surface area contributed by atoms with E-state index in [4.69, 9.17) is 0 Å². The van der Waals surface area contributed by atoms with Crippen LogP contribution in [0.15, 0.2) is 0 Å². The Kier molecular flexibility index (Phi) is 4.81. The molecule has 0 radical (unpaired) electrons. The minimum absolute atomic E-state index is 0.0246. The number of carbonyl (C=O) groups excluding carboxylic acids is 2. The molecule has 21 heavy (non-hydrogen) atoms. The zero-order valence-corrected chi connectivity index (χ0v) is 15.0. The molecule has 0 saturated carbocycles. The van der Waals surface area contributed by atoms with E-state index < -0.39 is 5.54 Å². The van der Waals surface area contributed by atoms with Crippen LogP contribution in [0.5, 0.6) is 0 Å². The summed E-state index contributed by atoms with van der Waals surface area (Å²) in [5, 5.41) is 2.93. The van der Waals surface area contributed by atoms with Crippen LogP contribution in [-0.4, -0.2) is 33.8 Å². The van der Waals surface area contributed by atoms with Crippen molar-refractivity contribution in [3.05, 3.63) is 0 Å². The zero-order valence-electron chi connectivity index (χ0n) is 15.0. The van der Waals surface area contributed by atoms with Crippen molar-refractivity contribution in [3.8, 4) is 0 Å². The maximum atomic E-state index is 13.0. The summed E-state index contributed by atoms with van der Waals surface area (Å²) in [7, 11) is 0. The van der Waals surface area contributed by atoms with Gasteiger partial charge in [-0.1, -0.05) is 34.6 Å². The number of nitrogens with zero attached hydrogens (tertiary/aromatic N) is 1. The number of piperazine rings is 1. The van der Waals surface area contributed by atoms with Crippen molar-refractivity contribution in [2.24, 2.45) is 5.41 Å². The maximum Gasteiger partial charge on any atom is 0.249 e. The first-order valence-corrected chi connectivity index (χ1v) is 8.04. The molecule has 1 rings (SSSR count). The van der Waals surface area contributed by atoms with Crippen LogP contribution < -0.4 is 5.32 Å². The average Bonchev–Trinajstić information content (AvgIpc) is 2.29. The lowest BCUT2D eigenvalue weighted by atomic mass is 9.78. The highest BCUT2D eigenvalue weighted by atomic mass is 16.2. The van der Waals surface area contributed by atoms with E-state index >= 15 is 0 Å². The van der Waals surface area contributed by atoms with E-state index in [0.29, 0.717) is 12.8 Å². The van der Waals surface area contributed by atoms with Crippen molar-refractivity contribution in [2.75, 3.05) is 0 Å². The van der Waals surface area contributed by atoms with Gasteiger partial charge in [0, 0.05) is 5.54 Å². The van der Waals surface area contributed by atoms with Gasteiger partial charge >= 0.3 is 0 Å². The van der Waals surface area contributed by atoms with Gasteiger partial charge in [0.15, 0.2) is 0 Å². The molecular weight excluding hydrogens is 264 g/mol. The molecule has 0 bridgehead atoms. The predicted octanol–water partition coefficient (Wildman–Crippen LogP) is 3.11. The van der Waals surface area contributed by atoms with Crippen LogP contribution in [0, 0.1) is 5.41 Å². The predicted molar refractivity (Wildman–Crippen MR) is 85.9 cm³/mol. The highest BCUT2D eigenvalue weighted by Gasteiger charge is 2.51. The van der Waals surface area contributed by atoms with Gasteiger partial charge in [-0.3, -0.25) is 9.59 Å². The maximum absolute atomic E-state index is 13.0. The average molecular weight is 296 g/mol.